The van der Waals surface area contributed by atoms with Gasteiger partial charge in [0, 0.05) is 18.0 Å². The van der Waals surface area contributed by atoms with Gasteiger partial charge in [-0.25, -0.2) is 4.79 Å². The van der Waals surface area contributed by atoms with E-state index in [-0.39, 0.29) is 12.5 Å². The Bertz CT molecular complexity index is 495. The van der Waals surface area contributed by atoms with Crippen molar-refractivity contribution in [3.05, 3.63) is 34.3 Å². The van der Waals surface area contributed by atoms with Gasteiger partial charge in [0.2, 0.25) is 5.91 Å². The van der Waals surface area contributed by atoms with Crippen LogP contribution in [0.4, 0.5) is 0 Å². The zero-order valence-corrected chi connectivity index (χ0v) is 14.2. The highest BCUT2D eigenvalue weighted by Gasteiger charge is 2.22. The first kappa shape index (κ1) is 18.6. The van der Waals surface area contributed by atoms with Crippen LogP contribution in [0.15, 0.2) is 28.7 Å². The molecule has 122 valence electrons. The zero-order chi connectivity index (χ0) is 16.4. The summed E-state index contributed by atoms with van der Waals surface area (Å²) in [5.41, 5.74) is 0.908. The van der Waals surface area contributed by atoms with Gasteiger partial charge < -0.3 is 19.5 Å². The second-order valence-corrected chi connectivity index (χ2v) is 5.44. The molecule has 0 saturated carbocycles. The highest BCUT2D eigenvalue weighted by molar-refractivity contribution is 9.10. The predicted octanol–water partition coefficient (Wildman–Crippen LogP) is 1.31. The van der Waals surface area contributed by atoms with E-state index in [2.05, 4.69) is 21.2 Å². The topological polar surface area (TPSA) is 73.9 Å². The molecule has 22 heavy (non-hydrogen) atoms. The fourth-order valence-electron chi connectivity index (χ4n) is 1.78. The second kappa shape index (κ2) is 10.3. The predicted molar refractivity (Wildman–Crippen MR) is 84.5 cm³/mol. The van der Waals surface area contributed by atoms with Gasteiger partial charge in [-0.15, -0.1) is 0 Å². The molecule has 0 aromatic heterocycles. The summed E-state index contributed by atoms with van der Waals surface area (Å²) in [7, 11) is 2.84. The van der Waals surface area contributed by atoms with Crippen LogP contribution in [-0.2, 0) is 30.2 Å². The van der Waals surface area contributed by atoms with Crippen LogP contribution < -0.4 is 5.32 Å². The van der Waals surface area contributed by atoms with E-state index in [1.807, 2.05) is 24.3 Å². The highest BCUT2D eigenvalue weighted by atomic mass is 79.9. The Labute approximate surface area is 138 Å². The van der Waals surface area contributed by atoms with Crippen molar-refractivity contribution < 1.29 is 23.8 Å². The summed E-state index contributed by atoms with van der Waals surface area (Å²) < 4.78 is 15.6. The number of halogens is 1. The van der Waals surface area contributed by atoms with E-state index in [9.17, 15) is 9.59 Å². The van der Waals surface area contributed by atoms with Gasteiger partial charge in [-0.1, -0.05) is 28.1 Å². The van der Waals surface area contributed by atoms with E-state index in [0.29, 0.717) is 19.6 Å². The zero-order valence-electron chi connectivity index (χ0n) is 12.6. The van der Waals surface area contributed by atoms with Gasteiger partial charge in [0.05, 0.1) is 20.3 Å². The van der Waals surface area contributed by atoms with E-state index in [1.54, 1.807) is 7.11 Å². The van der Waals surface area contributed by atoms with Crippen molar-refractivity contribution in [1.82, 2.24) is 5.32 Å². The lowest BCUT2D eigenvalue weighted by Crippen LogP contribution is -2.44. The Morgan fingerprint density at radius 3 is 2.68 bits per heavy atom. The fourth-order valence-corrected chi connectivity index (χ4v) is 2.22. The van der Waals surface area contributed by atoms with Crippen LogP contribution in [0.1, 0.15) is 5.56 Å². The third-order valence-electron chi connectivity index (χ3n) is 2.81. The third kappa shape index (κ3) is 7.02. The molecule has 0 fully saturated rings. The molecule has 7 heteroatoms. The van der Waals surface area contributed by atoms with Crippen LogP contribution in [0.25, 0.3) is 0 Å². The lowest BCUT2D eigenvalue weighted by Gasteiger charge is -2.17. The SMILES string of the molecule is COCCOCC(=O)N[C@@H](Cc1cccc(Br)c1)C(=O)OC. The largest absolute Gasteiger partial charge is 0.467 e. The number of amides is 1. The number of hydrogen-bond acceptors (Lipinski definition) is 5. The van der Waals surface area contributed by atoms with Crippen LogP contribution in [0.2, 0.25) is 0 Å². The van der Waals surface area contributed by atoms with E-state index in [1.165, 1.54) is 7.11 Å². The minimum atomic E-state index is -0.752. The maximum absolute atomic E-state index is 11.8. The van der Waals surface area contributed by atoms with Crippen LogP contribution >= 0.6 is 15.9 Å². The molecule has 0 radical (unpaired) electrons. The fraction of sp³-hybridized carbons (Fsp3) is 0.467. The van der Waals surface area contributed by atoms with Crippen molar-refractivity contribution >= 4 is 27.8 Å². The van der Waals surface area contributed by atoms with Gasteiger partial charge in [-0.2, -0.15) is 0 Å². The lowest BCUT2D eigenvalue weighted by molar-refractivity contribution is -0.145. The van der Waals surface area contributed by atoms with E-state index < -0.39 is 12.0 Å². The van der Waals surface area contributed by atoms with Gasteiger partial charge in [0.1, 0.15) is 12.6 Å². The number of ether oxygens (including phenoxy) is 3. The lowest BCUT2D eigenvalue weighted by atomic mass is 10.1. The molecule has 0 unspecified atom stereocenters. The molecule has 0 heterocycles. The molecule has 0 saturated heterocycles. The molecular weight excluding hydrogens is 354 g/mol. The van der Waals surface area contributed by atoms with Crippen LogP contribution in [0, 0.1) is 0 Å². The minimum absolute atomic E-state index is 0.130. The molecule has 1 aromatic carbocycles. The average molecular weight is 374 g/mol. The standard InChI is InChI=1S/C15H20BrNO5/c1-20-6-7-22-10-14(18)17-13(15(19)21-2)9-11-4-3-5-12(16)8-11/h3-5,8,13H,6-7,9-10H2,1-2H3,(H,17,18)/t13-/m0/s1. The number of carbonyl (C=O) groups excluding carboxylic acids is 2. The minimum Gasteiger partial charge on any atom is -0.467 e. The van der Waals surface area contributed by atoms with Gasteiger partial charge in [0.15, 0.2) is 0 Å². The molecule has 6 nitrogen and oxygen atoms in total. The van der Waals surface area contributed by atoms with Gasteiger partial charge in [-0.3, -0.25) is 4.79 Å². The van der Waals surface area contributed by atoms with E-state index in [4.69, 9.17) is 14.2 Å². The molecule has 1 aromatic rings. The maximum atomic E-state index is 11.8. The Kier molecular flexibility index (Phi) is 8.72. The van der Waals surface area contributed by atoms with Crippen molar-refractivity contribution in [2.75, 3.05) is 34.0 Å². The number of rotatable bonds is 9. The quantitative estimate of drug-likeness (QED) is 0.521. The number of hydrogen-bond donors (Lipinski definition) is 1. The Hall–Kier alpha value is -1.44. The molecule has 0 spiro atoms. The van der Waals surface area contributed by atoms with E-state index >= 15 is 0 Å². The number of carbonyl (C=O) groups is 2. The highest BCUT2D eigenvalue weighted by Crippen LogP contribution is 2.13. The van der Waals surface area contributed by atoms with Crippen molar-refractivity contribution in [2.45, 2.75) is 12.5 Å². The van der Waals surface area contributed by atoms with Gasteiger partial charge in [-0.05, 0) is 17.7 Å². The molecule has 0 aliphatic rings. The summed E-state index contributed by atoms with van der Waals surface area (Å²) in [6.07, 6.45) is 0.343. The number of nitrogens with one attached hydrogen (secondary N) is 1. The summed E-state index contributed by atoms with van der Waals surface area (Å²) >= 11 is 3.37. The summed E-state index contributed by atoms with van der Waals surface area (Å²) in [6.45, 7) is 0.597. The first-order valence-electron chi connectivity index (χ1n) is 6.75. The summed E-state index contributed by atoms with van der Waals surface area (Å²) in [5.74, 6) is -0.869. The molecular formula is C15H20BrNO5. The van der Waals surface area contributed by atoms with Crippen LogP contribution in [0.5, 0.6) is 0 Å². The van der Waals surface area contributed by atoms with Crippen molar-refractivity contribution in [3.8, 4) is 0 Å². The number of esters is 1. The summed E-state index contributed by atoms with van der Waals surface area (Å²) in [5, 5.41) is 2.62. The van der Waals surface area contributed by atoms with Gasteiger partial charge in [0.25, 0.3) is 0 Å². The van der Waals surface area contributed by atoms with Crippen molar-refractivity contribution in [2.24, 2.45) is 0 Å². The molecule has 0 aliphatic carbocycles. The summed E-state index contributed by atoms with van der Waals surface area (Å²) in [4.78, 5) is 23.6. The van der Waals surface area contributed by atoms with Crippen LogP contribution in [-0.4, -0.2) is 52.0 Å². The molecule has 0 aliphatic heterocycles. The Morgan fingerprint density at radius 2 is 2.05 bits per heavy atom. The monoisotopic (exact) mass is 373 g/mol. The maximum Gasteiger partial charge on any atom is 0.328 e. The van der Waals surface area contributed by atoms with Crippen molar-refractivity contribution in [3.63, 3.8) is 0 Å². The summed E-state index contributed by atoms with van der Waals surface area (Å²) in [6, 6.07) is 6.76. The van der Waals surface area contributed by atoms with Crippen molar-refractivity contribution in [1.29, 1.82) is 0 Å². The third-order valence-corrected chi connectivity index (χ3v) is 3.31. The molecule has 1 rings (SSSR count). The second-order valence-electron chi connectivity index (χ2n) is 4.52. The Morgan fingerprint density at radius 1 is 1.27 bits per heavy atom. The van der Waals surface area contributed by atoms with E-state index in [0.717, 1.165) is 10.0 Å². The van der Waals surface area contributed by atoms with Gasteiger partial charge >= 0.3 is 5.97 Å². The number of benzene rings is 1. The molecule has 1 N–H and O–H groups in total. The average Bonchev–Trinajstić information content (AvgIpc) is 2.50. The molecule has 1 amide bonds. The first-order valence-corrected chi connectivity index (χ1v) is 7.54. The molecule has 1 atom stereocenters. The molecule has 0 bridgehead atoms. The normalized spacial score (nSPS) is 11.8. The Balaban J connectivity index is 2.57. The number of methoxy groups -OCH3 is 2. The first-order chi connectivity index (χ1) is 10.6. The smallest absolute Gasteiger partial charge is 0.328 e. The van der Waals surface area contributed by atoms with Crippen LogP contribution in [0.3, 0.4) is 0 Å².